The smallest absolute Gasteiger partial charge is 0.317 e. The van der Waals surface area contributed by atoms with Gasteiger partial charge in [0.1, 0.15) is 0 Å². The van der Waals surface area contributed by atoms with Crippen LogP contribution in [0.15, 0.2) is 12.1 Å². The zero-order chi connectivity index (χ0) is 14.5. The summed E-state index contributed by atoms with van der Waals surface area (Å²) < 4.78 is 0. The Bertz CT molecular complexity index is 447. The average Bonchev–Trinajstić information content (AvgIpc) is 2.78. The quantitative estimate of drug-likeness (QED) is 0.906. The molecule has 2 rings (SSSR count). The summed E-state index contributed by atoms with van der Waals surface area (Å²) in [6, 6.07) is 4.91. The Morgan fingerprint density at radius 1 is 1.35 bits per heavy atom. The second kappa shape index (κ2) is 7.20. The highest BCUT2D eigenvalue weighted by molar-refractivity contribution is 7.12. The van der Waals surface area contributed by atoms with Crippen molar-refractivity contribution in [1.82, 2.24) is 9.80 Å². The van der Waals surface area contributed by atoms with E-state index in [2.05, 4.69) is 30.9 Å². The molecule has 1 N–H and O–H groups in total. The SMILES string of the molecule is CCc1ccc(C(C)N2CCCN(CC(=O)O)CC2)s1. The molecule has 1 atom stereocenters. The minimum absolute atomic E-state index is 0.168. The molecule has 0 radical (unpaired) electrons. The maximum absolute atomic E-state index is 10.8. The zero-order valence-electron chi connectivity index (χ0n) is 12.3. The Labute approximate surface area is 125 Å². The van der Waals surface area contributed by atoms with Crippen molar-refractivity contribution in [2.75, 3.05) is 32.7 Å². The fraction of sp³-hybridized carbons (Fsp3) is 0.667. The van der Waals surface area contributed by atoms with Crippen LogP contribution in [0.5, 0.6) is 0 Å². The van der Waals surface area contributed by atoms with Gasteiger partial charge in [-0.15, -0.1) is 11.3 Å². The second-order valence-corrected chi connectivity index (χ2v) is 6.59. The Kier molecular flexibility index (Phi) is 5.57. The maximum atomic E-state index is 10.8. The van der Waals surface area contributed by atoms with Gasteiger partial charge in [-0.1, -0.05) is 6.92 Å². The van der Waals surface area contributed by atoms with E-state index < -0.39 is 5.97 Å². The van der Waals surface area contributed by atoms with Gasteiger partial charge in [-0.2, -0.15) is 0 Å². The number of hydrogen-bond acceptors (Lipinski definition) is 4. The van der Waals surface area contributed by atoms with Crippen molar-refractivity contribution in [2.24, 2.45) is 0 Å². The van der Waals surface area contributed by atoms with Gasteiger partial charge in [0.25, 0.3) is 0 Å². The lowest BCUT2D eigenvalue weighted by Crippen LogP contribution is -2.34. The highest BCUT2D eigenvalue weighted by Crippen LogP contribution is 2.28. The van der Waals surface area contributed by atoms with Crippen molar-refractivity contribution in [3.8, 4) is 0 Å². The van der Waals surface area contributed by atoms with Crippen molar-refractivity contribution in [1.29, 1.82) is 0 Å². The number of rotatable bonds is 5. The largest absolute Gasteiger partial charge is 0.480 e. The van der Waals surface area contributed by atoms with Crippen LogP contribution in [0.25, 0.3) is 0 Å². The van der Waals surface area contributed by atoms with Crippen molar-refractivity contribution in [2.45, 2.75) is 32.7 Å². The van der Waals surface area contributed by atoms with E-state index in [9.17, 15) is 4.79 Å². The van der Waals surface area contributed by atoms with Crippen LogP contribution in [0.1, 0.15) is 36.1 Å². The summed E-state index contributed by atoms with van der Waals surface area (Å²) in [5, 5.41) is 8.89. The van der Waals surface area contributed by atoms with Crippen LogP contribution < -0.4 is 0 Å². The fourth-order valence-corrected chi connectivity index (χ4v) is 3.76. The molecule has 1 saturated heterocycles. The van der Waals surface area contributed by atoms with Crippen LogP contribution in [0.2, 0.25) is 0 Å². The van der Waals surface area contributed by atoms with Crippen molar-refractivity contribution in [3.05, 3.63) is 21.9 Å². The van der Waals surface area contributed by atoms with Gasteiger partial charge in [-0.25, -0.2) is 0 Å². The van der Waals surface area contributed by atoms with Gasteiger partial charge in [0.2, 0.25) is 0 Å². The lowest BCUT2D eigenvalue weighted by atomic mass is 10.2. The van der Waals surface area contributed by atoms with E-state index in [1.54, 1.807) is 0 Å². The summed E-state index contributed by atoms with van der Waals surface area (Å²) in [5.41, 5.74) is 0. The third kappa shape index (κ3) is 4.04. The maximum Gasteiger partial charge on any atom is 0.317 e. The molecule has 2 heterocycles. The number of hydrogen-bond donors (Lipinski definition) is 1. The summed E-state index contributed by atoms with van der Waals surface area (Å²) in [7, 11) is 0. The standard InChI is InChI=1S/C15H24N2O2S/c1-3-13-5-6-14(20-13)12(2)17-8-4-7-16(9-10-17)11-15(18)19/h5-6,12H,3-4,7-11H2,1-2H3,(H,18,19). The monoisotopic (exact) mass is 296 g/mol. The van der Waals surface area contributed by atoms with Gasteiger partial charge in [0.15, 0.2) is 0 Å². The van der Waals surface area contributed by atoms with Gasteiger partial charge in [-0.3, -0.25) is 14.6 Å². The number of aryl methyl sites for hydroxylation is 1. The molecule has 1 unspecified atom stereocenters. The van der Waals surface area contributed by atoms with Crippen LogP contribution in [0, 0.1) is 0 Å². The normalized spacial score (nSPS) is 19.7. The second-order valence-electron chi connectivity index (χ2n) is 5.39. The van der Waals surface area contributed by atoms with Gasteiger partial charge >= 0.3 is 5.97 Å². The highest BCUT2D eigenvalue weighted by atomic mass is 32.1. The van der Waals surface area contributed by atoms with Crippen molar-refractivity contribution in [3.63, 3.8) is 0 Å². The molecule has 4 nitrogen and oxygen atoms in total. The molecule has 5 heteroatoms. The first kappa shape index (κ1) is 15.5. The van der Waals surface area contributed by atoms with Gasteiger partial charge in [0, 0.05) is 42.0 Å². The molecular weight excluding hydrogens is 272 g/mol. The van der Waals surface area contributed by atoms with E-state index in [1.807, 2.05) is 16.2 Å². The van der Waals surface area contributed by atoms with E-state index >= 15 is 0 Å². The van der Waals surface area contributed by atoms with Crippen LogP contribution in [-0.2, 0) is 11.2 Å². The highest BCUT2D eigenvalue weighted by Gasteiger charge is 2.22. The van der Waals surface area contributed by atoms with E-state index in [-0.39, 0.29) is 6.54 Å². The fourth-order valence-electron chi connectivity index (χ4n) is 2.72. The third-order valence-electron chi connectivity index (χ3n) is 3.97. The molecule has 1 aliphatic heterocycles. The van der Waals surface area contributed by atoms with Crippen LogP contribution in [0.3, 0.4) is 0 Å². The van der Waals surface area contributed by atoms with Crippen molar-refractivity contribution < 1.29 is 9.90 Å². The molecule has 20 heavy (non-hydrogen) atoms. The molecule has 1 aliphatic rings. The summed E-state index contributed by atoms with van der Waals surface area (Å²) in [4.78, 5) is 18.2. The number of carboxylic acids is 1. The third-order valence-corrected chi connectivity index (χ3v) is 5.37. The lowest BCUT2D eigenvalue weighted by Gasteiger charge is -2.27. The van der Waals surface area contributed by atoms with Crippen LogP contribution in [0.4, 0.5) is 0 Å². The molecule has 1 aromatic heterocycles. The summed E-state index contributed by atoms with van der Waals surface area (Å²) in [6.45, 7) is 8.36. The molecule has 0 spiro atoms. The Morgan fingerprint density at radius 3 is 2.80 bits per heavy atom. The number of carbonyl (C=O) groups is 1. The number of aliphatic carboxylic acids is 1. The minimum atomic E-state index is -0.725. The summed E-state index contributed by atoms with van der Waals surface area (Å²) >= 11 is 1.90. The van der Waals surface area contributed by atoms with Gasteiger partial charge in [-0.05, 0) is 31.9 Å². The Balaban J connectivity index is 1.93. The van der Waals surface area contributed by atoms with Gasteiger partial charge in [0.05, 0.1) is 6.54 Å². The first-order chi connectivity index (χ1) is 9.60. The van der Waals surface area contributed by atoms with E-state index in [1.165, 1.54) is 9.75 Å². The minimum Gasteiger partial charge on any atom is -0.480 e. The first-order valence-electron chi connectivity index (χ1n) is 7.37. The van der Waals surface area contributed by atoms with E-state index in [0.29, 0.717) is 6.04 Å². The molecule has 0 saturated carbocycles. The lowest BCUT2D eigenvalue weighted by molar-refractivity contribution is -0.138. The molecule has 1 fully saturated rings. The summed E-state index contributed by atoms with van der Waals surface area (Å²) in [5.74, 6) is -0.725. The molecule has 0 aromatic carbocycles. The first-order valence-corrected chi connectivity index (χ1v) is 8.18. The van der Waals surface area contributed by atoms with Crippen LogP contribution in [-0.4, -0.2) is 53.6 Å². The predicted molar refractivity (Wildman–Crippen MR) is 82.4 cm³/mol. The molecule has 112 valence electrons. The zero-order valence-corrected chi connectivity index (χ0v) is 13.2. The predicted octanol–water partition coefficient (Wildman–Crippen LogP) is 2.46. The molecular formula is C15H24N2O2S. The molecule has 1 aromatic rings. The molecule has 0 aliphatic carbocycles. The van der Waals surface area contributed by atoms with E-state index in [4.69, 9.17) is 5.11 Å². The van der Waals surface area contributed by atoms with Crippen LogP contribution >= 0.6 is 11.3 Å². The number of thiophene rings is 1. The Hall–Kier alpha value is -0.910. The molecule has 0 bridgehead atoms. The van der Waals surface area contributed by atoms with Gasteiger partial charge < -0.3 is 5.11 Å². The number of nitrogens with zero attached hydrogens (tertiary/aromatic N) is 2. The number of carboxylic acid groups (broad SMARTS) is 1. The Morgan fingerprint density at radius 2 is 2.15 bits per heavy atom. The van der Waals surface area contributed by atoms with Crippen molar-refractivity contribution >= 4 is 17.3 Å². The summed E-state index contributed by atoms with van der Waals surface area (Å²) in [6.07, 6.45) is 2.15. The topological polar surface area (TPSA) is 43.8 Å². The van der Waals surface area contributed by atoms with E-state index in [0.717, 1.165) is 39.0 Å². The average molecular weight is 296 g/mol. The molecule has 0 amide bonds.